The second-order valence-corrected chi connectivity index (χ2v) is 5.68. The van der Waals surface area contributed by atoms with Gasteiger partial charge >= 0.3 is 0 Å². The molecule has 0 aliphatic carbocycles. The van der Waals surface area contributed by atoms with Crippen molar-refractivity contribution in [3.63, 3.8) is 0 Å². The molecule has 0 spiro atoms. The van der Waals surface area contributed by atoms with Crippen LogP contribution in [0.25, 0.3) is 0 Å². The van der Waals surface area contributed by atoms with Crippen LogP contribution in [0, 0.1) is 5.82 Å². The summed E-state index contributed by atoms with van der Waals surface area (Å²) in [6, 6.07) is 18.1. The molecule has 0 fully saturated rings. The molecule has 3 rings (SSSR count). The van der Waals surface area contributed by atoms with Crippen LogP contribution in [-0.4, -0.2) is 10.9 Å². The highest BCUT2D eigenvalue weighted by Crippen LogP contribution is 2.21. The second kappa shape index (κ2) is 7.57. The monoisotopic (exact) mass is 336 g/mol. The zero-order valence-corrected chi connectivity index (χ0v) is 13.4. The number of aromatic amines is 1. The fraction of sp³-hybridized carbons (Fsp3) is 0.100. The first-order chi connectivity index (χ1) is 12.1. The first-order valence-electron chi connectivity index (χ1n) is 7.91. The molecule has 1 atom stereocenters. The molecular weight excluding hydrogens is 319 g/mol. The van der Waals surface area contributed by atoms with Gasteiger partial charge in [0, 0.05) is 23.4 Å². The smallest absolute Gasteiger partial charge is 0.252 e. The van der Waals surface area contributed by atoms with Crippen LogP contribution in [0.2, 0.25) is 0 Å². The highest BCUT2D eigenvalue weighted by molar-refractivity contribution is 5.94. The van der Waals surface area contributed by atoms with E-state index in [2.05, 4.69) is 10.3 Å². The number of benzene rings is 2. The summed E-state index contributed by atoms with van der Waals surface area (Å²) in [5, 5.41) is 2.83. The standard InChI is InChI=1S/C20H17FN2O2/c21-17-9-5-4-8-16(17)18(12-14-6-2-1-3-7-14)23-20(25)15-10-11-22-19(24)13-15/h1-11,13,18H,12H2,(H,22,24)(H,23,25)/t18-/m0/s1. The van der Waals surface area contributed by atoms with E-state index in [1.165, 1.54) is 24.4 Å². The number of nitrogens with one attached hydrogen (secondary N) is 2. The largest absolute Gasteiger partial charge is 0.345 e. The first-order valence-corrected chi connectivity index (χ1v) is 7.91. The Morgan fingerprint density at radius 3 is 2.48 bits per heavy atom. The van der Waals surface area contributed by atoms with E-state index in [1.54, 1.807) is 18.2 Å². The molecule has 25 heavy (non-hydrogen) atoms. The molecule has 1 aromatic heterocycles. The van der Waals surface area contributed by atoms with Gasteiger partial charge < -0.3 is 10.3 Å². The van der Waals surface area contributed by atoms with Crippen molar-refractivity contribution >= 4 is 5.91 Å². The molecule has 0 bridgehead atoms. The van der Waals surface area contributed by atoms with Gasteiger partial charge in [-0.15, -0.1) is 0 Å². The lowest BCUT2D eigenvalue weighted by molar-refractivity contribution is 0.0935. The lowest BCUT2D eigenvalue weighted by Crippen LogP contribution is -2.31. The van der Waals surface area contributed by atoms with Gasteiger partial charge in [0.2, 0.25) is 5.56 Å². The summed E-state index contributed by atoms with van der Waals surface area (Å²) in [6.45, 7) is 0. The maximum absolute atomic E-state index is 14.3. The zero-order valence-electron chi connectivity index (χ0n) is 13.4. The number of rotatable bonds is 5. The Morgan fingerprint density at radius 2 is 1.76 bits per heavy atom. The van der Waals surface area contributed by atoms with Crippen LogP contribution in [0.3, 0.4) is 0 Å². The summed E-state index contributed by atoms with van der Waals surface area (Å²) in [6.07, 6.45) is 1.85. The van der Waals surface area contributed by atoms with Crippen molar-refractivity contribution in [1.82, 2.24) is 10.3 Å². The number of pyridine rings is 1. The van der Waals surface area contributed by atoms with E-state index in [-0.39, 0.29) is 16.9 Å². The molecule has 0 radical (unpaired) electrons. The van der Waals surface area contributed by atoms with Gasteiger partial charge in [0.15, 0.2) is 0 Å². The van der Waals surface area contributed by atoms with Crippen molar-refractivity contribution in [1.29, 1.82) is 0 Å². The predicted molar refractivity (Wildman–Crippen MR) is 93.8 cm³/mol. The van der Waals surface area contributed by atoms with Crippen molar-refractivity contribution in [2.24, 2.45) is 0 Å². The van der Waals surface area contributed by atoms with Crippen molar-refractivity contribution in [3.8, 4) is 0 Å². The van der Waals surface area contributed by atoms with Crippen molar-refractivity contribution in [2.45, 2.75) is 12.5 Å². The summed E-state index contributed by atoms with van der Waals surface area (Å²) in [4.78, 5) is 26.4. The molecule has 2 aromatic carbocycles. The summed E-state index contributed by atoms with van der Waals surface area (Å²) < 4.78 is 14.3. The number of amides is 1. The molecular formula is C20H17FN2O2. The Kier molecular flexibility index (Phi) is 5.04. The Hall–Kier alpha value is -3.21. The minimum Gasteiger partial charge on any atom is -0.345 e. The molecule has 126 valence electrons. The Bertz CT molecular complexity index is 922. The number of carbonyl (C=O) groups is 1. The topological polar surface area (TPSA) is 62.0 Å². The molecule has 1 amide bonds. The van der Waals surface area contributed by atoms with Crippen LogP contribution in [0.5, 0.6) is 0 Å². The fourth-order valence-corrected chi connectivity index (χ4v) is 2.67. The van der Waals surface area contributed by atoms with E-state index in [1.807, 2.05) is 30.3 Å². The van der Waals surface area contributed by atoms with E-state index in [0.29, 0.717) is 12.0 Å². The number of hydrogen-bond acceptors (Lipinski definition) is 2. The van der Waals surface area contributed by atoms with Gasteiger partial charge in [0.25, 0.3) is 5.91 Å². The minimum absolute atomic E-state index is 0.234. The Morgan fingerprint density at radius 1 is 1.04 bits per heavy atom. The van der Waals surface area contributed by atoms with Crippen LogP contribution >= 0.6 is 0 Å². The van der Waals surface area contributed by atoms with Crippen LogP contribution in [0.1, 0.15) is 27.5 Å². The van der Waals surface area contributed by atoms with E-state index in [0.717, 1.165) is 5.56 Å². The molecule has 1 heterocycles. The van der Waals surface area contributed by atoms with Gasteiger partial charge in [-0.2, -0.15) is 0 Å². The first kappa shape index (κ1) is 16.6. The minimum atomic E-state index is -0.546. The van der Waals surface area contributed by atoms with Gasteiger partial charge in [0.1, 0.15) is 5.82 Å². The SMILES string of the molecule is O=C(N[C@@H](Cc1ccccc1)c1ccccc1F)c1cc[nH]c(=O)c1. The summed E-state index contributed by atoms with van der Waals surface area (Å²) >= 11 is 0. The number of hydrogen-bond donors (Lipinski definition) is 2. The molecule has 3 aromatic rings. The van der Waals surface area contributed by atoms with Crippen LogP contribution < -0.4 is 10.9 Å². The molecule has 0 aliphatic heterocycles. The summed E-state index contributed by atoms with van der Waals surface area (Å²) in [7, 11) is 0. The third kappa shape index (κ3) is 4.20. The van der Waals surface area contributed by atoms with Crippen molar-refractivity contribution in [2.75, 3.05) is 0 Å². The van der Waals surface area contributed by atoms with E-state index < -0.39 is 11.9 Å². The van der Waals surface area contributed by atoms with Crippen LogP contribution in [0.15, 0.2) is 77.7 Å². The third-order valence-corrected chi connectivity index (χ3v) is 3.91. The average Bonchev–Trinajstić information content (AvgIpc) is 2.62. The average molecular weight is 336 g/mol. The van der Waals surface area contributed by atoms with E-state index in [4.69, 9.17) is 0 Å². The van der Waals surface area contributed by atoms with Crippen LogP contribution in [0.4, 0.5) is 4.39 Å². The summed E-state index contributed by atoms with van der Waals surface area (Å²) in [5.74, 6) is -0.801. The molecule has 0 aliphatic rings. The lowest BCUT2D eigenvalue weighted by Gasteiger charge is -2.20. The normalized spacial score (nSPS) is 11.7. The number of H-pyrrole nitrogens is 1. The third-order valence-electron chi connectivity index (χ3n) is 3.91. The maximum Gasteiger partial charge on any atom is 0.252 e. The predicted octanol–water partition coefficient (Wildman–Crippen LogP) is 3.23. The Balaban J connectivity index is 1.90. The van der Waals surface area contributed by atoms with E-state index >= 15 is 0 Å². The molecule has 0 saturated heterocycles. The Labute approximate surface area is 144 Å². The maximum atomic E-state index is 14.3. The lowest BCUT2D eigenvalue weighted by atomic mass is 9.98. The molecule has 0 saturated carbocycles. The highest BCUT2D eigenvalue weighted by atomic mass is 19.1. The van der Waals surface area contributed by atoms with E-state index in [9.17, 15) is 14.0 Å². The quantitative estimate of drug-likeness (QED) is 0.751. The zero-order chi connectivity index (χ0) is 17.6. The number of aromatic nitrogens is 1. The van der Waals surface area contributed by atoms with Crippen LogP contribution in [-0.2, 0) is 6.42 Å². The number of halogens is 1. The van der Waals surface area contributed by atoms with Gasteiger partial charge in [-0.05, 0) is 24.1 Å². The van der Waals surface area contributed by atoms with Gasteiger partial charge in [0.05, 0.1) is 6.04 Å². The summed E-state index contributed by atoms with van der Waals surface area (Å²) in [5.41, 5.74) is 1.25. The molecule has 0 unspecified atom stereocenters. The molecule has 5 heteroatoms. The second-order valence-electron chi connectivity index (χ2n) is 5.68. The fourth-order valence-electron chi connectivity index (χ4n) is 2.67. The van der Waals surface area contributed by atoms with Gasteiger partial charge in [-0.3, -0.25) is 9.59 Å². The highest BCUT2D eigenvalue weighted by Gasteiger charge is 2.19. The van der Waals surface area contributed by atoms with Crippen molar-refractivity contribution < 1.29 is 9.18 Å². The number of carbonyl (C=O) groups excluding carboxylic acids is 1. The molecule has 2 N–H and O–H groups in total. The molecule has 4 nitrogen and oxygen atoms in total. The van der Waals surface area contributed by atoms with Crippen molar-refractivity contribution in [3.05, 3.63) is 106 Å². The van der Waals surface area contributed by atoms with Gasteiger partial charge in [-0.1, -0.05) is 48.5 Å². The van der Waals surface area contributed by atoms with Gasteiger partial charge in [-0.25, -0.2) is 4.39 Å².